The first kappa shape index (κ1) is 20.9. The molecule has 0 aliphatic rings. The second-order valence-corrected chi connectivity index (χ2v) is 9.07. The lowest BCUT2D eigenvalue weighted by Crippen LogP contribution is -2.37. The van der Waals surface area contributed by atoms with Gasteiger partial charge in [-0.25, -0.2) is 0 Å². The Kier molecular flexibility index (Phi) is 7.11. The number of hydrogen-bond donors (Lipinski definition) is 0. The van der Waals surface area contributed by atoms with Gasteiger partial charge >= 0.3 is 11.9 Å². The number of hydrogen-bond acceptors (Lipinski definition) is 4. The average molecular weight is 314 g/mol. The molecular formula is C18H34O4. The first-order valence-corrected chi connectivity index (χ1v) is 8.06. The van der Waals surface area contributed by atoms with Crippen LogP contribution in [0.2, 0.25) is 0 Å². The molecule has 0 radical (unpaired) electrons. The maximum Gasteiger partial charge on any atom is 0.320 e. The van der Waals surface area contributed by atoms with E-state index in [1.165, 1.54) is 0 Å². The minimum absolute atomic E-state index is 0.173. The Morgan fingerprint density at radius 1 is 0.773 bits per heavy atom. The average Bonchev–Trinajstić information content (AvgIpc) is 2.16. The van der Waals surface area contributed by atoms with E-state index in [4.69, 9.17) is 9.47 Å². The molecule has 0 aromatic carbocycles. The standard InChI is InChI=1S/C18H34O4/c1-16(2,3)12-10-11-13(14(19)21-17(4,5)6)15(20)22-18(7,8)9/h13H,10-12H2,1-9H3. The number of rotatable bonds is 5. The molecule has 130 valence electrons. The minimum Gasteiger partial charge on any atom is -0.459 e. The molecule has 0 N–H and O–H groups in total. The summed E-state index contributed by atoms with van der Waals surface area (Å²) in [5.41, 5.74) is -1.05. The van der Waals surface area contributed by atoms with Crippen molar-refractivity contribution in [2.24, 2.45) is 11.3 Å². The summed E-state index contributed by atoms with van der Waals surface area (Å²) in [7, 11) is 0. The van der Waals surface area contributed by atoms with E-state index in [2.05, 4.69) is 20.8 Å². The highest BCUT2D eigenvalue weighted by Crippen LogP contribution is 2.26. The molecule has 0 aliphatic heterocycles. The van der Waals surface area contributed by atoms with E-state index in [1.807, 2.05) is 0 Å². The molecule has 0 rings (SSSR count). The van der Waals surface area contributed by atoms with Crippen LogP contribution in [0.4, 0.5) is 0 Å². The zero-order valence-electron chi connectivity index (χ0n) is 15.8. The lowest BCUT2D eigenvalue weighted by Gasteiger charge is -2.27. The highest BCUT2D eigenvalue weighted by atomic mass is 16.6. The molecule has 0 aromatic heterocycles. The van der Waals surface area contributed by atoms with Crippen molar-refractivity contribution in [1.29, 1.82) is 0 Å². The van der Waals surface area contributed by atoms with Crippen molar-refractivity contribution in [3.63, 3.8) is 0 Å². The Bertz CT molecular complexity index is 349. The van der Waals surface area contributed by atoms with Gasteiger partial charge in [-0.05, 0) is 59.8 Å². The zero-order valence-corrected chi connectivity index (χ0v) is 15.8. The fraction of sp³-hybridized carbons (Fsp3) is 0.889. The molecule has 0 atom stereocenters. The third-order valence-corrected chi connectivity index (χ3v) is 2.80. The maximum atomic E-state index is 12.3. The molecular weight excluding hydrogens is 280 g/mol. The fourth-order valence-corrected chi connectivity index (χ4v) is 1.91. The quantitative estimate of drug-likeness (QED) is 0.553. The monoisotopic (exact) mass is 314 g/mol. The van der Waals surface area contributed by atoms with Crippen LogP contribution in [-0.4, -0.2) is 23.1 Å². The first-order valence-electron chi connectivity index (χ1n) is 8.06. The topological polar surface area (TPSA) is 52.6 Å². The van der Waals surface area contributed by atoms with Crippen LogP contribution >= 0.6 is 0 Å². The van der Waals surface area contributed by atoms with Crippen molar-refractivity contribution >= 4 is 11.9 Å². The van der Waals surface area contributed by atoms with Gasteiger partial charge < -0.3 is 9.47 Å². The predicted octanol–water partition coefficient (Wildman–Crippen LogP) is 4.50. The Labute approximate surface area is 135 Å². The van der Waals surface area contributed by atoms with Crippen molar-refractivity contribution in [2.45, 2.75) is 92.8 Å². The molecule has 0 fully saturated rings. The van der Waals surface area contributed by atoms with Crippen LogP contribution in [0.3, 0.4) is 0 Å². The van der Waals surface area contributed by atoms with Gasteiger partial charge in [-0.3, -0.25) is 9.59 Å². The van der Waals surface area contributed by atoms with Crippen molar-refractivity contribution in [3.8, 4) is 0 Å². The van der Waals surface area contributed by atoms with Gasteiger partial charge in [-0.2, -0.15) is 0 Å². The number of carbonyl (C=O) groups excluding carboxylic acids is 2. The summed E-state index contributed by atoms with van der Waals surface area (Å²) in [5.74, 6) is -1.83. The van der Waals surface area contributed by atoms with Crippen LogP contribution in [-0.2, 0) is 19.1 Å². The van der Waals surface area contributed by atoms with E-state index < -0.39 is 29.1 Å². The van der Waals surface area contributed by atoms with Gasteiger partial charge in [0.1, 0.15) is 11.2 Å². The number of esters is 2. The first-order chi connectivity index (χ1) is 9.61. The zero-order chi connectivity index (χ0) is 17.8. The Hall–Kier alpha value is -1.06. The largest absolute Gasteiger partial charge is 0.459 e. The molecule has 0 unspecified atom stereocenters. The number of carbonyl (C=O) groups is 2. The molecule has 0 saturated heterocycles. The lowest BCUT2D eigenvalue weighted by molar-refractivity contribution is -0.174. The van der Waals surface area contributed by atoms with E-state index in [9.17, 15) is 9.59 Å². The number of ether oxygens (including phenoxy) is 2. The second kappa shape index (κ2) is 7.47. The molecule has 0 aromatic rings. The fourth-order valence-electron chi connectivity index (χ4n) is 1.91. The van der Waals surface area contributed by atoms with Crippen LogP contribution < -0.4 is 0 Å². The van der Waals surface area contributed by atoms with E-state index in [1.54, 1.807) is 41.5 Å². The van der Waals surface area contributed by atoms with Crippen LogP contribution in [0.1, 0.15) is 81.6 Å². The second-order valence-electron chi connectivity index (χ2n) is 9.07. The summed E-state index contributed by atoms with van der Waals surface area (Å²) >= 11 is 0. The predicted molar refractivity (Wildman–Crippen MR) is 88.5 cm³/mol. The minimum atomic E-state index is -0.846. The molecule has 0 saturated carbocycles. The van der Waals surface area contributed by atoms with Crippen LogP contribution in [0.15, 0.2) is 0 Å². The van der Waals surface area contributed by atoms with E-state index in [-0.39, 0.29) is 5.41 Å². The summed E-state index contributed by atoms with van der Waals surface area (Å²) in [6.45, 7) is 17.2. The van der Waals surface area contributed by atoms with Crippen molar-refractivity contribution in [1.82, 2.24) is 0 Å². The van der Waals surface area contributed by atoms with Gasteiger partial charge in [0.15, 0.2) is 5.92 Å². The molecule has 4 nitrogen and oxygen atoms in total. The lowest BCUT2D eigenvalue weighted by atomic mass is 9.88. The van der Waals surface area contributed by atoms with Crippen LogP contribution in [0.5, 0.6) is 0 Å². The molecule has 0 spiro atoms. The molecule has 22 heavy (non-hydrogen) atoms. The molecule has 0 aliphatic carbocycles. The summed E-state index contributed by atoms with van der Waals surface area (Å²) in [4.78, 5) is 24.6. The summed E-state index contributed by atoms with van der Waals surface area (Å²) in [6, 6.07) is 0. The van der Waals surface area contributed by atoms with E-state index >= 15 is 0 Å². The van der Waals surface area contributed by atoms with Crippen molar-refractivity contribution < 1.29 is 19.1 Å². The Balaban J connectivity index is 4.91. The van der Waals surface area contributed by atoms with E-state index in [0.717, 1.165) is 12.8 Å². The highest BCUT2D eigenvalue weighted by Gasteiger charge is 2.34. The third kappa shape index (κ3) is 10.6. The highest BCUT2D eigenvalue weighted by molar-refractivity contribution is 5.95. The van der Waals surface area contributed by atoms with Crippen molar-refractivity contribution in [2.75, 3.05) is 0 Å². The third-order valence-electron chi connectivity index (χ3n) is 2.80. The van der Waals surface area contributed by atoms with Crippen molar-refractivity contribution in [3.05, 3.63) is 0 Å². The maximum absolute atomic E-state index is 12.3. The normalized spacial score (nSPS) is 13.2. The van der Waals surface area contributed by atoms with Gasteiger partial charge in [0.25, 0.3) is 0 Å². The summed E-state index contributed by atoms with van der Waals surface area (Å²) in [5, 5.41) is 0. The Morgan fingerprint density at radius 2 is 1.14 bits per heavy atom. The smallest absolute Gasteiger partial charge is 0.320 e. The van der Waals surface area contributed by atoms with Gasteiger partial charge in [0.2, 0.25) is 0 Å². The van der Waals surface area contributed by atoms with Crippen LogP contribution in [0.25, 0.3) is 0 Å². The van der Waals surface area contributed by atoms with Gasteiger partial charge in [-0.1, -0.05) is 27.2 Å². The molecule has 0 bridgehead atoms. The summed E-state index contributed by atoms with van der Waals surface area (Å²) in [6.07, 6.45) is 2.18. The molecule has 0 heterocycles. The molecule has 0 amide bonds. The van der Waals surface area contributed by atoms with Gasteiger partial charge in [0, 0.05) is 0 Å². The van der Waals surface area contributed by atoms with Gasteiger partial charge in [-0.15, -0.1) is 0 Å². The van der Waals surface area contributed by atoms with Gasteiger partial charge in [0.05, 0.1) is 0 Å². The Morgan fingerprint density at radius 3 is 1.41 bits per heavy atom. The van der Waals surface area contributed by atoms with E-state index in [0.29, 0.717) is 6.42 Å². The SMILES string of the molecule is CC(C)(C)CCCC(C(=O)OC(C)(C)C)C(=O)OC(C)(C)C. The van der Waals surface area contributed by atoms with Crippen LogP contribution in [0, 0.1) is 11.3 Å². The summed E-state index contributed by atoms with van der Waals surface area (Å²) < 4.78 is 10.8. The molecule has 4 heteroatoms.